The van der Waals surface area contributed by atoms with Crippen molar-refractivity contribution in [2.24, 2.45) is 0 Å². The van der Waals surface area contributed by atoms with Crippen molar-refractivity contribution in [1.82, 2.24) is 5.32 Å². The number of unbranched alkanes of at least 4 members (excludes halogenated alkanes) is 20. The predicted molar refractivity (Wildman–Crippen MR) is 183 cm³/mol. The SMILES string of the molecule is CCCCCCCCCCCCCC(=O)OCC(CCNC(=O)COCCOC)OC(=O)CCCCCCCCCCCCC. The number of carbonyl (C=O) groups is 3. The third-order valence-corrected chi connectivity index (χ3v) is 8.15. The summed E-state index contributed by atoms with van der Waals surface area (Å²) in [7, 11) is 1.58. The maximum Gasteiger partial charge on any atom is 0.306 e. The van der Waals surface area contributed by atoms with Gasteiger partial charge in [0.1, 0.15) is 19.3 Å². The molecule has 1 N–H and O–H groups in total. The van der Waals surface area contributed by atoms with Crippen LogP contribution in [0.5, 0.6) is 0 Å². The molecule has 8 nitrogen and oxygen atoms in total. The Bertz CT molecular complexity index is 673. The van der Waals surface area contributed by atoms with E-state index in [0.717, 1.165) is 38.5 Å². The number of amides is 1. The van der Waals surface area contributed by atoms with Crippen LogP contribution < -0.4 is 5.32 Å². The quantitative estimate of drug-likeness (QED) is 0.0544. The molecule has 0 aliphatic rings. The van der Waals surface area contributed by atoms with E-state index in [2.05, 4.69) is 19.2 Å². The van der Waals surface area contributed by atoms with Gasteiger partial charge in [0.05, 0.1) is 13.2 Å². The largest absolute Gasteiger partial charge is 0.462 e. The Balaban J connectivity index is 4.25. The van der Waals surface area contributed by atoms with Gasteiger partial charge in [0.2, 0.25) is 5.91 Å². The Kier molecular flexibility index (Phi) is 33.9. The smallest absolute Gasteiger partial charge is 0.306 e. The maximum atomic E-state index is 12.6. The fourth-order valence-corrected chi connectivity index (χ4v) is 5.28. The molecule has 1 unspecified atom stereocenters. The molecule has 0 bridgehead atoms. The summed E-state index contributed by atoms with van der Waals surface area (Å²) in [6.07, 6.45) is 27.4. The summed E-state index contributed by atoms with van der Waals surface area (Å²) in [5.74, 6) is -0.773. The third kappa shape index (κ3) is 33.5. The molecule has 0 rings (SSSR count). The predicted octanol–water partition coefficient (Wildman–Crippen LogP) is 9.01. The van der Waals surface area contributed by atoms with Gasteiger partial charge in [-0.15, -0.1) is 0 Å². The van der Waals surface area contributed by atoms with E-state index in [0.29, 0.717) is 39.0 Å². The highest BCUT2D eigenvalue weighted by Crippen LogP contribution is 2.14. The van der Waals surface area contributed by atoms with Crippen LogP contribution in [0.15, 0.2) is 0 Å². The van der Waals surface area contributed by atoms with Crippen LogP contribution >= 0.6 is 0 Å². The summed E-state index contributed by atoms with van der Waals surface area (Å²) in [4.78, 5) is 37.0. The molecule has 1 atom stereocenters. The summed E-state index contributed by atoms with van der Waals surface area (Å²) in [6.45, 7) is 5.53. The van der Waals surface area contributed by atoms with E-state index in [1.807, 2.05) is 0 Å². The van der Waals surface area contributed by atoms with E-state index in [9.17, 15) is 14.4 Å². The normalized spacial score (nSPS) is 11.8. The van der Waals surface area contributed by atoms with E-state index in [1.54, 1.807) is 7.11 Å². The van der Waals surface area contributed by atoms with Gasteiger partial charge in [-0.25, -0.2) is 0 Å². The van der Waals surface area contributed by atoms with Gasteiger partial charge in [-0.2, -0.15) is 0 Å². The fourth-order valence-electron chi connectivity index (χ4n) is 5.28. The topological polar surface area (TPSA) is 100 Å². The van der Waals surface area contributed by atoms with E-state index < -0.39 is 6.10 Å². The number of carbonyl (C=O) groups excluding carboxylic acids is 3. The summed E-state index contributed by atoms with van der Waals surface area (Å²) in [5, 5.41) is 2.78. The second kappa shape index (κ2) is 35.2. The third-order valence-electron chi connectivity index (χ3n) is 8.15. The maximum absolute atomic E-state index is 12.6. The van der Waals surface area contributed by atoms with Crippen LogP contribution in [0.3, 0.4) is 0 Å². The minimum absolute atomic E-state index is 0.0150. The highest BCUT2D eigenvalue weighted by Gasteiger charge is 2.17. The highest BCUT2D eigenvalue weighted by molar-refractivity contribution is 5.77. The number of esters is 2. The molecule has 0 aromatic carbocycles. The molecule has 0 saturated carbocycles. The average molecular weight is 642 g/mol. The van der Waals surface area contributed by atoms with E-state index in [4.69, 9.17) is 18.9 Å². The van der Waals surface area contributed by atoms with Crippen LogP contribution in [-0.4, -0.2) is 64.0 Å². The van der Waals surface area contributed by atoms with Gasteiger partial charge in [0.15, 0.2) is 0 Å². The van der Waals surface area contributed by atoms with Gasteiger partial charge in [0, 0.05) is 32.9 Å². The van der Waals surface area contributed by atoms with Crippen LogP contribution in [0.2, 0.25) is 0 Å². The summed E-state index contributed by atoms with van der Waals surface area (Å²) in [6, 6.07) is 0. The Morgan fingerprint density at radius 3 is 1.49 bits per heavy atom. The van der Waals surface area contributed by atoms with Crippen molar-refractivity contribution < 1.29 is 33.3 Å². The zero-order chi connectivity index (χ0) is 33.1. The average Bonchev–Trinajstić information content (AvgIpc) is 3.03. The standard InChI is InChI=1S/C37H71NO7/c1-4-6-8-10-12-14-16-18-20-22-24-26-36(40)44-32-34(28-29-38-35(39)33-43-31-30-42-3)45-37(41)27-25-23-21-19-17-15-13-11-9-7-5-2/h34H,4-33H2,1-3H3,(H,38,39). The molecule has 0 saturated heterocycles. The molecule has 0 heterocycles. The lowest BCUT2D eigenvalue weighted by atomic mass is 10.1. The van der Waals surface area contributed by atoms with Crippen molar-refractivity contribution >= 4 is 17.8 Å². The van der Waals surface area contributed by atoms with Gasteiger partial charge >= 0.3 is 11.9 Å². The van der Waals surface area contributed by atoms with Gasteiger partial charge in [-0.3, -0.25) is 14.4 Å². The lowest BCUT2D eigenvalue weighted by molar-refractivity contribution is -0.159. The van der Waals surface area contributed by atoms with Crippen molar-refractivity contribution in [2.75, 3.05) is 40.1 Å². The van der Waals surface area contributed by atoms with Gasteiger partial charge in [-0.1, -0.05) is 142 Å². The zero-order valence-corrected chi connectivity index (χ0v) is 29.6. The zero-order valence-electron chi connectivity index (χ0n) is 29.6. The summed E-state index contributed by atoms with van der Waals surface area (Å²) >= 11 is 0. The monoisotopic (exact) mass is 642 g/mol. The number of hydrogen-bond donors (Lipinski definition) is 1. The highest BCUT2D eigenvalue weighted by atomic mass is 16.6. The molecule has 0 aliphatic heterocycles. The first-order valence-corrected chi connectivity index (χ1v) is 18.7. The molecule has 0 aliphatic carbocycles. The molecule has 0 aromatic rings. The molecule has 266 valence electrons. The molecular formula is C37H71NO7. The molecule has 0 radical (unpaired) electrons. The molecule has 45 heavy (non-hydrogen) atoms. The van der Waals surface area contributed by atoms with Crippen LogP contribution in [0, 0.1) is 0 Å². The molecule has 0 spiro atoms. The fraction of sp³-hybridized carbons (Fsp3) is 0.919. The summed E-state index contributed by atoms with van der Waals surface area (Å²) in [5.41, 5.74) is 0. The first-order chi connectivity index (χ1) is 22.0. The number of nitrogens with one attached hydrogen (secondary N) is 1. The van der Waals surface area contributed by atoms with Crippen molar-refractivity contribution in [1.29, 1.82) is 0 Å². The number of methoxy groups -OCH3 is 1. The molecule has 8 heteroatoms. The van der Waals surface area contributed by atoms with Crippen molar-refractivity contribution in [3.8, 4) is 0 Å². The minimum Gasteiger partial charge on any atom is -0.462 e. The number of rotatable bonds is 35. The van der Waals surface area contributed by atoms with Gasteiger partial charge < -0.3 is 24.3 Å². The Morgan fingerprint density at radius 1 is 0.578 bits per heavy atom. The lowest BCUT2D eigenvalue weighted by Crippen LogP contribution is -2.33. The van der Waals surface area contributed by atoms with Crippen molar-refractivity contribution in [3.05, 3.63) is 0 Å². The Morgan fingerprint density at radius 2 is 1.02 bits per heavy atom. The minimum atomic E-state index is -0.582. The van der Waals surface area contributed by atoms with Gasteiger partial charge in [-0.05, 0) is 12.8 Å². The number of ether oxygens (including phenoxy) is 4. The molecule has 0 aromatic heterocycles. The Labute approximate surface area is 276 Å². The summed E-state index contributed by atoms with van der Waals surface area (Å²) < 4.78 is 21.3. The van der Waals surface area contributed by atoms with E-state index >= 15 is 0 Å². The van der Waals surface area contributed by atoms with Crippen LogP contribution in [0.25, 0.3) is 0 Å². The Hall–Kier alpha value is -1.67. The first-order valence-electron chi connectivity index (χ1n) is 18.7. The number of hydrogen-bond acceptors (Lipinski definition) is 7. The van der Waals surface area contributed by atoms with Crippen molar-refractivity contribution in [2.45, 2.75) is 180 Å². The second-order valence-corrected chi connectivity index (χ2v) is 12.5. The van der Waals surface area contributed by atoms with E-state index in [1.165, 1.54) is 103 Å². The second-order valence-electron chi connectivity index (χ2n) is 12.5. The van der Waals surface area contributed by atoms with Gasteiger partial charge in [0.25, 0.3) is 0 Å². The van der Waals surface area contributed by atoms with E-state index in [-0.39, 0.29) is 31.1 Å². The molecular weight excluding hydrogens is 570 g/mol. The van der Waals surface area contributed by atoms with Crippen LogP contribution in [0.1, 0.15) is 174 Å². The molecule has 0 fully saturated rings. The van der Waals surface area contributed by atoms with Crippen LogP contribution in [0.4, 0.5) is 0 Å². The van der Waals surface area contributed by atoms with Crippen molar-refractivity contribution in [3.63, 3.8) is 0 Å². The lowest BCUT2D eigenvalue weighted by Gasteiger charge is -2.18. The molecule has 1 amide bonds. The first kappa shape index (κ1) is 43.3. The van der Waals surface area contributed by atoms with Crippen LogP contribution in [-0.2, 0) is 33.3 Å².